The molecule has 2 N–H and O–H groups in total. The van der Waals surface area contributed by atoms with Crippen LogP contribution in [0.1, 0.15) is 15.4 Å². The molecule has 0 bridgehead atoms. The minimum Gasteiger partial charge on any atom is -0.357 e. The van der Waals surface area contributed by atoms with Gasteiger partial charge in [-0.15, -0.1) is 35.3 Å². The predicted molar refractivity (Wildman–Crippen MR) is 94.7 cm³/mol. The lowest BCUT2D eigenvalue weighted by Gasteiger charge is -2.09. The van der Waals surface area contributed by atoms with E-state index in [1.54, 1.807) is 18.4 Å². The van der Waals surface area contributed by atoms with Gasteiger partial charge in [-0.25, -0.2) is 4.98 Å². The standard InChI is InChI=1S/C13H19N5S.HI/c1-10-6-15-12(19-10)8-17-13(14-2)16-7-11-4-5-18(3)9-11;/h4-6,9H,7-8H2,1-3H3,(H2,14,16,17);1H. The Kier molecular flexibility index (Phi) is 7.00. The molecule has 0 aliphatic carbocycles. The number of aliphatic imine (C=N–C) groups is 1. The van der Waals surface area contributed by atoms with Crippen LogP contribution in [0, 0.1) is 6.92 Å². The SMILES string of the molecule is CN=C(NCc1ccn(C)c1)NCc1ncc(C)s1.I. The maximum absolute atomic E-state index is 4.31. The molecule has 0 saturated heterocycles. The van der Waals surface area contributed by atoms with Crippen LogP contribution in [0.25, 0.3) is 0 Å². The predicted octanol–water partition coefficient (Wildman–Crippen LogP) is 2.27. The van der Waals surface area contributed by atoms with Gasteiger partial charge in [0.05, 0.1) is 6.54 Å². The van der Waals surface area contributed by atoms with Gasteiger partial charge in [-0.05, 0) is 18.6 Å². The molecule has 0 radical (unpaired) electrons. The van der Waals surface area contributed by atoms with E-state index in [2.05, 4.69) is 39.8 Å². The van der Waals surface area contributed by atoms with Crippen LogP contribution in [0.5, 0.6) is 0 Å². The summed E-state index contributed by atoms with van der Waals surface area (Å²) in [6, 6.07) is 2.09. The number of guanidine groups is 1. The van der Waals surface area contributed by atoms with E-state index < -0.39 is 0 Å². The normalized spacial score (nSPS) is 11.1. The number of halogens is 1. The molecule has 110 valence electrons. The van der Waals surface area contributed by atoms with Crippen LogP contribution in [0.15, 0.2) is 29.6 Å². The second-order valence-corrected chi connectivity index (χ2v) is 5.65. The fraction of sp³-hybridized carbons (Fsp3) is 0.385. The minimum absolute atomic E-state index is 0. The molecule has 2 rings (SSSR count). The van der Waals surface area contributed by atoms with Gasteiger partial charge in [-0.2, -0.15) is 0 Å². The van der Waals surface area contributed by atoms with Crippen molar-refractivity contribution in [1.29, 1.82) is 0 Å². The summed E-state index contributed by atoms with van der Waals surface area (Å²) in [4.78, 5) is 9.74. The molecular formula is C13H20IN5S. The third-order valence-electron chi connectivity index (χ3n) is 2.65. The smallest absolute Gasteiger partial charge is 0.191 e. The monoisotopic (exact) mass is 405 g/mol. The molecule has 2 aromatic heterocycles. The van der Waals surface area contributed by atoms with Crippen LogP contribution < -0.4 is 10.6 Å². The first-order valence-corrected chi connectivity index (χ1v) is 6.95. The van der Waals surface area contributed by atoms with Crippen LogP contribution in [0.3, 0.4) is 0 Å². The van der Waals surface area contributed by atoms with Crippen molar-refractivity contribution in [3.05, 3.63) is 40.1 Å². The fourth-order valence-corrected chi connectivity index (χ4v) is 2.44. The molecule has 0 atom stereocenters. The lowest BCUT2D eigenvalue weighted by Crippen LogP contribution is -2.36. The third kappa shape index (κ3) is 5.12. The zero-order valence-corrected chi connectivity index (χ0v) is 15.0. The van der Waals surface area contributed by atoms with Crippen LogP contribution in [-0.2, 0) is 20.1 Å². The summed E-state index contributed by atoms with van der Waals surface area (Å²) in [5, 5.41) is 7.60. The molecule has 0 unspecified atom stereocenters. The number of aryl methyl sites for hydroxylation is 2. The number of hydrogen-bond acceptors (Lipinski definition) is 3. The van der Waals surface area contributed by atoms with E-state index in [9.17, 15) is 0 Å². The van der Waals surface area contributed by atoms with E-state index >= 15 is 0 Å². The van der Waals surface area contributed by atoms with Gasteiger partial charge in [-0.1, -0.05) is 0 Å². The first-order chi connectivity index (χ1) is 9.17. The highest BCUT2D eigenvalue weighted by molar-refractivity contribution is 14.0. The number of rotatable bonds is 4. The maximum Gasteiger partial charge on any atom is 0.191 e. The van der Waals surface area contributed by atoms with Gasteiger partial charge in [0.15, 0.2) is 5.96 Å². The van der Waals surface area contributed by atoms with E-state index in [0.29, 0.717) is 6.54 Å². The Hall–Kier alpha value is -1.09. The Bertz CT molecular complexity index is 514. The molecule has 5 nitrogen and oxygen atoms in total. The van der Waals surface area contributed by atoms with E-state index in [1.807, 2.05) is 24.0 Å². The summed E-state index contributed by atoms with van der Waals surface area (Å²) in [6.07, 6.45) is 6.01. The lowest BCUT2D eigenvalue weighted by molar-refractivity contribution is 0.802. The minimum atomic E-state index is 0. The molecule has 2 heterocycles. The second-order valence-electron chi connectivity index (χ2n) is 4.33. The Labute approximate surface area is 140 Å². The highest BCUT2D eigenvalue weighted by Crippen LogP contribution is 2.10. The molecule has 0 aliphatic rings. The first kappa shape index (κ1) is 17.0. The number of nitrogens with zero attached hydrogens (tertiary/aromatic N) is 3. The van der Waals surface area contributed by atoms with Gasteiger partial charge in [-0.3, -0.25) is 4.99 Å². The summed E-state index contributed by atoms with van der Waals surface area (Å²) in [7, 11) is 3.79. The molecule has 0 aromatic carbocycles. The van der Waals surface area contributed by atoms with Crippen molar-refractivity contribution < 1.29 is 0 Å². The highest BCUT2D eigenvalue weighted by Gasteiger charge is 2.02. The van der Waals surface area contributed by atoms with Crippen molar-refractivity contribution in [3.8, 4) is 0 Å². The van der Waals surface area contributed by atoms with Gasteiger partial charge in [0.1, 0.15) is 5.01 Å². The van der Waals surface area contributed by atoms with Gasteiger partial charge < -0.3 is 15.2 Å². The molecule has 0 amide bonds. The molecule has 0 aliphatic heterocycles. The van der Waals surface area contributed by atoms with Crippen LogP contribution in [-0.4, -0.2) is 22.6 Å². The number of thiazole rings is 1. The van der Waals surface area contributed by atoms with E-state index in [4.69, 9.17) is 0 Å². The van der Waals surface area contributed by atoms with E-state index in [0.717, 1.165) is 17.5 Å². The molecule has 7 heteroatoms. The Balaban J connectivity index is 0.00000200. The largest absolute Gasteiger partial charge is 0.357 e. The second kappa shape index (κ2) is 8.25. The number of nitrogens with one attached hydrogen (secondary N) is 2. The van der Waals surface area contributed by atoms with Crippen molar-refractivity contribution in [2.24, 2.45) is 12.0 Å². The zero-order chi connectivity index (χ0) is 13.7. The summed E-state index contributed by atoms with van der Waals surface area (Å²) in [5.41, 5.74) is 1.23. The van der Waals surface area contributed by atoms with E-state index in [1.165, 1.54) is 10.4 Å². The Morgan fingerprint density at radius 2 is 2.15 bits per heavy atom. The Morgan fingerprint density at radius 1 is 1.40 bits per heavy atom. The molecule has 0 saturated carbocycles. The first-order valence-electron chi connectivity index (χ1n) is 6.14. The topological polar surface area (TPSA) is 54.2 Å². The summed E-state index contributed by atoms with van der Waals surface area (Å²) in [5.74, 6) is 0.789. The van der Waals surface area contributed by atoms with Crippen molar-refractivity contribution in [2.45, 2.75) is 20.0 Å². The van der Waals surface area contributed by atoms with Gasteiger partial charge >= 0.3 is 0 Å². The van der Waals surface area contributed by atoms with Crippen molar-refractivity contribution in [3.63, 3.8) is 0 Å². The third-order valence-corrected chi connectivity index (χ3v) is 3.57. The van der Waals surface area contributed by atoms with Crippen LogP contribution in [0.2, 0.25) is 0 Å². The number of hydrogen-bond donors (Lipinski definition) is 2. The average molecular weight is 405 g/mol. The molecule has 20 heavy (non-hydrogen) atoms. The van der Waals surface area contributed by atoms with Crippen molar-refractivity contribution in [2.75, 3.05) is 7.05 Å². The van der Waals surface area contributed by atoms with E-state index in [-0.39, 0.29) is 24.0 Å². The van der Waals surface area contributed by atoms with Gasteiger partial charge in [0, 0.05) is 44.1 Å². The molecular weight excluding hydrogens is 385 g/mol. The quantitative estimate of drug-likeness (QED) is 0.466. The lowest BCUT2D eigenvalue weighted by atomic mass is 10.3. The summed E-state index contributed by atoms with van der Waals surface area (Å²) >= 11 is 1.70. The molecule has 0 fully saturated rings. The maximum atomic E-state index is 4.31. The highest BCUT2D eigenvalue weighted by atomic mass is 127. The summed E-state index contributed by atoms with van der Waals surface area (Å²) < 4.78 is 2.03. The number of aromatic nitrogens is 2. The van der Waals surface area contributed by atoms with Crippen molar-refractivity contribution in [1.82, 2.24) is 20.2 Å². The molecule has 2 aromatic rings. The van der Waals surface area contributed by atoms with Gasteiger partial charge in [0.25, 0.3) is 0 Å². The average Bonchev–Trinajstić information content (AvgIpc) is 2.99. The molecule has 0 spiro atoms. The van der Waals surface area contributed by atoms with Crippen molar-refractivity contribution >= 4 is 41.3 Å². The zero-order valence-electron chi connectivity index (χ0n) is 11.9. The fourth-order valence-electron chi connectivity index (χ4n) is 1.71. The van der Waals surface area contributed by atoms with Gasteiger partial charge in [0.2, 0.25) is 0 Å². The van der Waals surface area contributed by atoms with Crippen LogP contribution in [0.4, 0.5) is 0 Å². The Morgan fingerprint density at radius 3 is 2.70 bits per heavy atom. The summed E-state index contributed by atoms with van der Waals surface area (Å²) in [6.45, 7) is 3.52. The van der Waals surface area contributed by atoms with Crippen LogP contribution >= 0.6 is 35.3 Å².